The van der Waals surface area contributed by atoms with Crippen molar-refractivity contribution in [2.75, 3.05) is 4.90 Å². The number of thiophene rings is 2. The number of benzene rings is 18. The van der Waals surface area contributed by atoms with Crippen LogP contribution < -0.4 is 4.90 Å². The number of halogens is 1. The lowest BCUT2D eigenvalue weighted by Crippen LogP contribution is -2.15. The Kier molecular flexibility index (Phi) is 13.7. The van der Waals surface area contributed by atoms with E-state index in [0.29, 0.717) is 28.9 Å². The molecule has 113 heavy (non-hydrogen) atoms. The van der Waals surface area contributed by atoms with Gasteiger partial charge in [0.1, 0.15) is 0 Å². The molecular weight excluding hydrogens is 1480 g/mol. The largest absolute Gasteiger partial charge is 0.309 e. The van der Waals surface area contributed by atoms with Gasteiger partial charge in [0.2, 0.25) is 0 Å². The molecule has 0 saturated carbocycles. The molecule has 530 valence electrons. The Hall–Kier alpha value is -13.7. The molecule has 22 aromatic rings. The summed E-state index contributed by atoms with van der Waals surface area (Å²) in [7, 11) is 0. The van der Waals surface area contributed by atoms with E-state index in [2.05, 4.69) is 221 Å². The van der Waals surface area contributed by atoms with Crippen LogP contribution in [0.4, 0.5) is 17.1 Å². The fourth-order valence-electron chi connectivity index (χ4n) is 16.5. The summed E-state index contributed by atoms with van der Waals surface area (Å²) < 4.78 is 90.1. The summed E-state index contributed by atoms with van der Waals surface area (Å²) in [6.45, 7) is 0. The molecule has 0 unspecified atom stereocenters. The van der Waals surface area contributed by atoms with E-state index >= 15 is 0 Å². The predicted octanol–water partition coefficient (Wildman–Crippen LogP) is 29.1. The van der Waals surface area contributed by atoms with Crippen molar-refractivity contribution in [1.29, 1.82) is 0 Å². The third-order valence-corrected chi connectivity index (χ3v) is 24.6. The summed E-state index contributed by atoms with van der Waals surface area (Å²) in [6.07, 6.45) is 1.04. The average molecular weight is 1550 g/mol. The minimum Gasteiger partial charge on any atom is -0.309 e. The van der Waals surface area contributed by atoms with Crippen LogP contribution >= 0.6 is 38.6 Å². The summed E-state index contributed by atoms with van der Waals surface area (Å²) in [4.78, 5) is 31.6. The minimum absolute atomic E-state index is 0. The molecule has 2 aliphatic rings. The maximum atomic E-state index is 8.90. The lowest BCUT2D eigenvalue weighted by atomic mass is 9.82. The third-order valence-electron chi connectivity index (χ3n) is 21.6. The first kappa shape index (κ1) is 56.5. The van der Waals surface area contributed by atoms with Gasteiger partial charge in [-0.1, -0.05) is 307 Å². The maximum Gasteiger partial charge on any atom is 0.164 e. The van der Waals surface area contributed by atoms with Crippen molar-refractivity contribution in [3.63, 3.8) is 0 Å². The zero-order valence-corrected chi connectivity index (χ0v) is 63.1. The second kappa shape index (κ2) is 27.4. The Morgan fingerprint density at radius 3 is 1.27 bits per heavy atom. The molecule has 0 spiro atoms. The van der Waals surface area contributed by atoms with Gasteiger partial charge in [-0.15, -0.1) is 22.7 Å². The number of nitrogens with zero attached hydrogens (tertiary/aromatic N) is 7. The highest BCUT2D eigenvalue weighted by molar-refractivity contribution is 9.10. The van der Waals surface area contributed by atoms with Crippen LogP contribution in [0.1, 0.15) is 26.3 Å². The van der Waals surface area contributed by atoms with Gasteiger partial charge < -0.3 is 4.90 Å². The first-order valence-electron chi connectivity index (χ1n) is 42.1. The standard InChI is InChI=1S/C51H30N4S.C31H18BrN3S.C21H14.H2/c1-2-12-32(13-3-1)49-52-50(35-24-25-39-38-20-8-9-23-46(38)56-47(39)30-35)54-51(53-49)41-26-27-43(37-19-7-6-18-36(37)41)55-44-22-11-17-31-16-10-21-40(48(31)44)42-28-33-14-4-5-15-34(33)29-45(42)55;32-26-17-16-25(21-10-4-5-11-22(21)26)31-34-29(19-8-2-1-3-9-19)33-30(35-31)20-14-15-24-23-12-6-7-13-27(23)36-28(24)18-20;1-2-6-16-13-20-18(11-15(16)5-1)12-17-9-3-7-14-8-4-10-19(20)21(14)17;/h1-30H;1-18H;1-11,13H,12H2;1H/i1D,2D,3D,12D,13D;1D,2D,3D,8D,9D;;1+1. The Labute approximate surface area is 682 Å². The van der Waals surface area contributed by atoms with Crippen LogP contribution in [-0.2, 0) is 6.42 Å². The van der Waals surface area contributed by atoms with Crippen molar-refractivity contribution < 1.29 is 15.1 Å². The monoisotopic (exact) mass is 1550 g/mol. The molecule has 0 radical (unpaired) electrons. The summed E-state index contributed by atoms with van der Waals surface area (Å²) in [5.41, 5.74) is 13.9. The number of aromatic nitrogens is 6. The van der Waals surface area contributed by atoms with Gasteiger partial charge in [0.05, 0.1) is 30.8 Å². The van der Waals surface area contributed by atoms with E-state index in [1.54, 1.807) is 22.7 Å². The molecule has 7 nitrogen and oxygen atoms in total. The van der Waals surface area contributed by atoms with Crippen molar-refractivity contribution in [2.45, 2.75) is 6.42 Å². The molecule has 18 aromatic carbocycles. The zero-order valence-electron chi connectivity index (χ0n) is 69.9. The van der Waals surface area contributed by atoms with Crippen LogP contribution in [0.2, 0.25) is 0 Å². The quantitative estimate of drug-likeness (QED) is 0.157. The van der Waals surface area contributed by atoms with Gasteiger partial charge in [-0.05, 0) is 161 Å². The highest BCUT2D eigenvalue weighted by Gasteiger charge is 2.29. The summed E-state index contributed by atoms with van der Waals surface area (Å²) in [5, 5.41) is 18.4. The molecule has 10 heteroatoms. The summed E-state index contributed by atoms with van der Waals surface area (Å²) >= 11 is 6.99. The topological polar surface area (TPSA) is 80.6 Å². The molecular formula is C103H64BrN7S2. The summed E-state index contributed by atoms with van der Waals surface area (Å²) in [5.74, 6) is 1.37. The Bertz CT molecular complexity index is 8260. The number of anilines is 3. The molecule has 0 N–H and O–H groups in total. The Morgan fingerprint density at radius 2 is 0.690 bits per heavy atom. The van der Waals surface area contributed by atoms with Gasteiger partial charge in [0.25, 0.3) is 0 Å². The van der Waals surface area contributed by atoms with Crippen LogP contribution in [0.5, 0.6) is 0 Å². The second-order valence-electron chi connectivity index (χ2n) is 28.1. The van der Waals surface area contributed by atoms with Crippen molar-refractivity contribution in [3.8, 4) is 90.6 Å². The van der Waals surface area contributed by atoms with Crippen LogP contribution in [0.25, 0.3) is 196 Å². The molecule has 0 fully saturated rings. The molecule has 0 saturated heterocycles. The first-order chi connectivity index (χ1) is 60.0. The molecule has 0 amide bonds. The maximum absolute atomic E-state index is 8.90. The van der Waals surface area contributed by atoms with E-state index in [1.807, 2.05) is 103 Å². The van der Waals surface area contributed by atoms with Crippen LogP contribution in [0.15, 0.2) is 368 Å². The molecule has 1 aliphatic heterocycles. The van der Waals surface area contributed by atoms with E-state index in [0.717, 1.165) is 103 Å². The van der Waals surface area contributed by atoms with Crippen molar-refractivity contribution in [3.05, 3.63) is 379 Å². The number of hydrogen-bond acceptors (Lipinski definition) is 9. The highest BCUT2D eigenvalue weighted by atomic mass is 79.9. The van der Waals surface area contributed by atoms with Gasteiger partial charge >= 0.3 is 0 Å². The molecule has 5 heterocycles. The van der Waals surface area contributed by atoms with Gasteiger partial charge in [0, 0.05) is 96.0 Å². The number of hydrogen-bond donors (Lipinski definition) is 0. The normalized spacial score (nSPS) is 13.3. The van der Waals surface area contributed by atoms with Crippen LogP contribution in [-0.4, -0.2) is 29.9 Å². The average Bonchev–Trinajstić information content (AvgIpc) is 0.744. The molecule has 0 bridgehead atoms. The lowest BCUT2D eigenvalue weighted by molar-refractivity contribution is 1.08. The highest BCUT2D eigenvalue weighted by Crippen LogP contribution is 2.54. The van der Waals surface area contributed by atoms with Crippen LogP contribution in [0.3, 0.4) is 0 Å². The van der Waals surface area contributed by atoms with E-state index in [1.165, 1.54) is 80.3 Å². The fraction of sp³-hybridized carbons (Fsp3) is 0.00971. The second-order valence-corrected chi connectivity index (χ2v) is 31.2. The molecule has 24 rings (SSSR count). The molecule has 1 aliphatic carbocycles. The van der Waals surface area contributed by atoms with Crippen molar-refractivity contribution in [1.82, 2.24) is 29.9 Å². The van der Waals surface area contributed by atoms with Crippen LogP contribution in [0, 0.1) is 0 Å². The molecule has 0 atom stereocenters. The Balaban J connectivity index is 0.000000128. The smallest absolute Gasteiger partial charge is 0.164 e. The van der Waals surface area contributed by atoms with Gasteiger partial charge in [-0.3, -0.25) is 0 Å². The van der Waals surface area contributed by atoms with E-state index < -0.39 is 36.3 Å². The minimum atomic E-state index is -0.476. The van der Waals surface area contributed by atoms with Gasteiger partial charge in [-0.25, -0.2) is 29.9 Å². The predicted molar refractivity (Wildman–Crippen MR) is 481 cm³/mol. The lowest BCUT2D eigenvalue weighted by Gasteiger charge is -2.34. The Morgan fingerprint density at radius 1 is 0.265 bits per heavy atom. The number of fused-ring (bicyclic) bond motifs is 14. The SMILES string of the molecule is [2HH].[2H]c1c([2H])c([2H])c(-c2nc(-c3ccc4c(c3)sc3ccccc34)nc(-c3ccc(Br)c4ccccc34)n2)c([2H])c1[2H].[2H]c1c([2H])c([2H])c(-c2nc(-c3ccc4c(c3)sc3ccccc34)nc(-c3ccc(N4c5cc6ccccc6cc5-c5cccc6cccc4c56)c4ccccc34)n2)c([2H])c1[2H].c1ccc2cc3c(cc2c1)Cc1cccc2cccc-3c12. The van der Waals surface area contributed by atoms with E-state index in [-0.39, 0.29) is 48.4 Å². The van der Waals surface area contributed by atoms with Crippen molar-refractivity contribution in [2.24, 2.45) is 0 Å². The first-order valence-corrected chi connectivity index (χ1v) is 39.5. The summed E-state index contributed by atoms with van der Waals surface area (Å²) in [6, 6.07) is 101. The third kappa shape index (κ3) is 11.6. The van der Waals surface area contributed by atoms with Gasteiger partial charge in [0.15, 0.2) is 34.9 Å². The zero-order chi connectivity index (χ0) is 83.3. The van der Waals surface area contributed by atoms with Crippen molar-refractivity contribution >= 4 is 161 Å². The molecule has 4 aromatic heterocycles. The number of rotatable bonds is 7. The van der Waals surface area contributed by atoms with E-state index in [9.17, 15) is 0 Å². The van der Waals surface area contributed by atoms with E-state index in [4.69, 9.17) is 43.6 Å². The van der Waals surface area contributed by atoms with Gasteiger partial charge in [-0.2, -0.15) is 0 Å². The fourth-order valence-corrected chi connectivity index (χ4v) is 19.3.